The van der Waals surface area contributed by atoms with E-state index in [1.165, 1.54) is 11.9 Å². The number of nitrogens with zero attached hydrogens (tertiary/aromatic N) is 2. The molecule has 1 aromatic carbocycles. The summed E-state index contributed by atoms with van der Waals surface area (Å²) in [6.45, 7) is 2.16. The second kappa shape index (κ2) is 4.28. The summed E-state index contributed by atoms with van der Waals surface area (Å²) in [5.74, 6) is 0. The summed E-state index contributed by atoms with van der Waals surface area (Å²) >= 11 is 1.67. The third-order valence-corrected chi connectivity index (χ3v) is 3.00. The van der Waals surface area contributed by atoms with Gasteiger partial charge in [-0.3, -0.25) is 5.10 Å². The maximum absolute atomic E-state index is 4.08. The number of benzene rings is 1. The van der Waals surface area contributed by atoms with Crippen LogP contribution in [0.5, 0.6) is 0 Å². The molecule has 1 N–H and O–H groups in total. The maximum atomic E-state index is 4.08. The zero-order chi connectivity index (χ0) is 9.80. The molecule has 4 heteroatoms. The molecule has 0 saturated carbocycles. The second-order valence-electron chi connectivity index (χ2n) is 2.96. The summed E-state index contributed by atoms with van der Waals surface area (Å²) in [6, 6.07) is 10.4. The van der Waals surface area contributed by atoms with Gasteiger partial charge in [0.2, 0.25) is 0 Å². The normalized spacial score (nSPS) is 12.6. The fourth-order valence-corrected chi connectivity index (χ4v) is 2.05. The highest BCUT2D eigenvalue weighted by molar-refractivity contribution is 7.99. The van der Waals surface area contributed by atoms with Crippen LogP contribution in [0.4, 0.5) is 0 Å². The van der Waals surface area contributed by atoms with Crippen LogP contribution in [0.1, 0.15) is 17.7 Å². The lowest BCUT2D eigenvalue weighted by atomic mass is 10.2. The minimum Gasteiger partial charge on any atom is -0.254 e. The molecule has 1 heterocycles. The Hall–Kier alpha value is -1.29. The first-order chi connectivity index (χ1) is 6.86. The molecule has 0 amide bonds. The number of hydrogen-bond donors (Lipinski definition) is 1. The average molecular weight is 205 g/mol. The molecular formula is C10H11N3S. The van der Waals surface area contributed by atoms with Crippen LogP contribution in [-0.2, 0) is 0 Å². The van der Waals surface area contributed by atoms with E-state index in [1.807, 2.05) is 18.2 Å². The number of thioether (sulfide) groups is 1. The summed E-state index contributed by atoms with van der Waals surface area (Å²) in [5.41, 5.74) is 1.30. The van der Waals surface area contributed by atoms with Crippen molar-refractivity contribution in [2.45, 2.75) is 17.3 Å². The van der Waals surface area contributed by atoms with Crippen LogP contribution < -0.4 is 0 Å². The van der Waals surface area contributed by atoms with Gasteiger partial charge in [0.15, 0.2) is 5.16 Å². The van der Waals surface area contributed by atoms with Crippen LogP contribution >= 0.6 is 11.8 Å². The van der Waals surface area contributed by atoms with Crippen LogP contribution in [0, 0.1) is 0 Å². The number of aromatic nitrogens is 3. The Bertz CT molecular complexity index is 372. The van der Waals surface area contributed by atoms with Gasteiger partial charge in [0.25, 0.3) is 0 Å². The molecule has 0 saturated heterocycles. The lowest BCUT2D eigenvalue weighted by Crippen LogP contribution is -1.88. The Kier molecular flexibility index (Phi) is 2.84. The molecule has 0 bridgehead atoms. The standard InChI is InChI=1S/C10H11N3S/c1-8(9-5-3-2-4-6-9)14-10-11-7-12-13-10/h2-8H,1H3,(H,11,12,13)/t8-/m0/s1. The molecule has 0 spiro atoms. The molecule has 14 heavy (non-hydrogen) atoms. The minimum absolute atomic E-state index is 0.393. The summed E-state index contributed by atoms with van der Waals surface area (Å²) in [7, 11) is 0. The van der Waals surface area contributed by atoms with Crippen LogP contribution in [-0.4, -0.2) is 15.2 Å². The van der Waals surface area contributed by atoms with Crippen molar-refractivity contribution in [2.75, 3.05) is 0 Å². The molecule has 1 atom stereocenters. The van der Waals surface area contributed by atoms with Gasteiger partial charge in [0.1, 0.15) is 6.33 Å². The molecule has 72 valence electrons. The Balaban J connectivity index is 2.07. The van der Waals surface area contributed by atoms with Crippen molar-refractivity contribution < 1.29 is 0 Å². The maximum Gasteiger partial charge on any atom is 0.183 e. The van der Waals surface area contributed by atoms with E-state index in [-0.39, 0.29) is 0 Å². The van der Waals surface area contributed by atoms with Gasteiger partial charge in [-0.15, -0.1) is 0 Å². The van der Waals surface area contributed by atoms with E-state index in [9.17, 15) is 0 Å². The van der Waals surface area contributed by atoms with E-state index >= 15 is 0 Å². The quantitative estimate of drug-likeness (QED) is 0.783. The monoisotopic (exact) mass is 205 g/mol. The van der Waals surface area contributed by atoms with Crippen LogP contribution in [0.2, 0.25) is 0 Å². The van der Waals surface area contributed by atoms with Gasteiger partial charge in [-0.05, 0) is 12.5 Å². The van der Waals surface area contributed by atoms with Crippen molar-refractivity contribution >= 4 is 11.8 Å². The average Bonchev–Trinajstić information content (AvgIpc) is 2.72. The Labute approximate surface area is 87.0 Å². The molecule has 0 unspecified atom stereocenters. The summed E-state index contributed by atoms with van der Waals surface area (Å²) in [4.78, 5) is 4.08. The lowest BCUT2D eigenvalue weighted by Gasteiger charge is -2.08. The summed E-state index contributed by atoms with van der Waals surface area (Å²) in [6.07, 6.45) is 1.53. The topological polar surface area (TPSA) is 41.6 Å². The molecule has 2 aromatic rings. The molecule has 0 radical (unpaired) electrons. The van der Waals surface area contributed by atoms with Gasteiger partial charge in [0.05, 0.1) is 0 Å². The highest BCUT2D eigenvalue weighted by atomic mass is 32.2. The minimum atomic E-state index is 0.393. The number of hydrogen-bond acceptors (Lipinski definition) is 3. The van der Waals surface area contributed by atoms with Crippen molar-refractivity contribution in [2.24, 2.45) is 0 Å². The highest BCUT2D eigenvalue weighted by Gasteiger charge is 2.07. The highest BCUT2D eigenvalue weighted by Crippen LogP contribution is 2.31. The fourth-order valence-electron chi connectivity index (χ4n) is 1.21. The zero-order valence-corrected chi connectivity index (χ0v) is 8.66. The second-order valence-corrected chi connectivity index (χ2v) is 4.29. The van der Waals surface area contributed by atoms with Gasteiger partial charge in [-0.25, -0.2) is 4.98 Å². The smallest absolute Gasteiger partial charge is 0.183 e. The Morgan fingerprint density at radius 3 is 2.71 bits per heavy atom. The van der Waals surface area contributed by atoms with Crippen LogP contribution in [0.3, 0.4) is 0 Å². The number of H-pyrrole nitrogens is 1. The molecule has 0 aliphatic rings. The molecule has 0 fully saturated rings. The van der Waals surface area contributed by atoms with E-state index < -0.39 is 0 Å². The number of rotatable bonds is 3. The number of aromatic amines is 1. The van der Waals surface area contributed by atoms with Crippen molar-refractivity contribution in [3.63, 3.8) is 0 Å². The third kappa shape index (κ3) is 2.14. The van der Waals surface area contributed by atoms with Crippen molar-refractivity contribution in [1.82, 2.24) is 15.2 Å². The van der Waals surface area contributed by atoms with E-state index in [0.29, 0.717) is 5.25 Å². The first kappa shape index (κ1) is 9.27. The molecule has 0 aliphatic heterocycles. The zero-order valence-electron chi connectivity index (χ0n) is 7.84. The first-order valence-electron chi connectivity index (χ1n) is 4.43. The van der Waals surface area contributed by atoms with Gasteiger partial charge < -0.3 is 0 Å². The molecule has 2 rings (SSSR count). The van der Waals surface area contributed by atoms with Crippen LogP contribution in [0.25, 0.3) is 0 Å². The van der Waals surface area contributed by atoms with Crippen molar-refractivity contribution in [3.8, 4) is 0 Å². The number of nitrogens with one attached hydrogen (secondary N) is 1. The van der Waals surface area contributed by atoms with E-state index in [4.69, 9.17) is 0 Å². The van der Waals surface area contributed by atoms with Crippen LogP contribution in [0.15, 0.2) is 41.8 Å². The SMILES string of the molecule is C[C@H](Sc1ncn[nH]1)c1ccccc1. The lowest BCUT2D eigenvalue weighted by molar-refractivity contribution is 0.960. The Morgan fingerprint density at radius 2 is 2.07 bits per heavy atom. The molecular weight excluding hydrogens is 194 g/mol. The molecule has 0 aliphatic carbocycles. The van der Waals surface area contributed by atoms with Gasteiger partial charge >= 0.3 is 0 Å². The van der Waals surface area contributed by atoms with Gasteiger partial charge in [0, 0.05) is 5.25 Å². The molecule has 3 nitrogen and oxygen atoms in total. The summed E-state index contributed by atoms with van der Waals surface area (Å²) in [5, 5.41) is 7.91. The molecule has 1 aromatic heterocycles. The first-order valence-corrected chi connectivity index (χ1v) is 5.31. The van der Waals surface area contributed by atoms with E-state index in [1.54, 1.807) is 11.8 Å². The van der Waals surface area contributed by atoms with E-state index in [0.717, 1.165) is 5.16 Å². The van der Waals surface area contributed by atoms with Crippen molar-refractivity contribution in [3.05, 3.63) is 42.2 Å². The van der Waals surface area contributed by atoms with Crippen molar-refractivity contribution in [1.29, 1.82) is 0 Å². The van der Waals surface area contributed by atoms with Gasteiger partial charge in [-0.1, -0.05) is 42.1 Å². The summed E-state index contributed by atoms with van der Waals surface area (Å²) < 4.78 is 0. The fraction of sp³-hybridized carbons (Fsp3) is 0.200. The van der Waals surface area contributed by atoms with E-state index in [2.05, 4.69) is 34.2 Å². The predicted octanol–water partition coefficient (Wildman–Crippen LogP) is 2.66. The van der Waals surface area contributed by atoms with Gasteiger partial charge in [-0.2, -0.15) is 5.10 Å². The largest absolute Gasteiger partial charge is 0.254 e. The third-order valence-electron chi connectivity index (χ3n) is 1.95. The predicted molar refractivity (Wildman–Crippen MR) is 57.1 cm³/mol. The Morgan fingerprint density at radius 1 is 1.29 bits per heavy atom.